The van der Waals surface area contributed by atoms with Crippen LogP contribution in [-0.2, 0) is 34.2 Å². The van der Waals surface area contributed by atoms with Crippen molar-refractivity contribution in [2.24, 2.45) is 0 Å². The molecule has 208 valence electrons. The van der Waals surface area contributed by atoms with Crippen molar-refractivity contribution in [2.75, 3.05) is 52.0 Å². The van der Waals surface area contributed by atoms with Gasteiger partial charge in [0.1, 0.15) is 0 Å². The highest BCUT2D eigenvalue weighted by Crippen LogP contribution is 2.40. The Hall–Kier alpha value is -1.30. The highest BCUT2D eigenvalue weighted by Gasteiger charge is 2.23. The van der Waals surface area contributed by atoms with Crippen LogP contribution in [0.1, 0.15) is 52.7 Å². The molecule has 0 aliphatic heterocycles. The number of ether oxygens (including phenoxy) is 3. The monoisotopic (exact) mass is 554 g/mol. The van der Waals surface area contributed by atoms with E-state index in [-0.39, 0.29) is 36.4 Å². The molecule has 0 saturated carbocycles. The van der Waals surface area contributed by atoms with Crippen LogP contribution in [0.15, 0.2) is 48.5 Å². The fraction of sp³-hybridized carbons (Fsp3) is 0.571. The van der Waals surface area contributed by atoms with Gasteiger partial charge in [-0.25, -0.2) is 0 Å². The highest BCUT2D eigenvalue weighted by atomic mass is 31.2. The second kappa shape index (κ2) is 13.7. The standard InChI is InChI=1S/C28H44O7P2/c1-27(2,3)23-7-11-25(12-8-23)36(29,30)21-19-34-17-15-33-16-18-35-20-22-37(31,32)26-13-9-24(10-14-26)28(4,5)6/h7-14H,15-22H2,1-6H3,(H,29,30)(H,31,32). The first-order chi connectivity index (χ1) is 17.1. The second-order valence-electron chi connectivity index (χ2n) is 11.3. The van der Waals surface area contributed by atoms with E-state index in [4.69, 9.17) is 14.2 Å². The zero-order valence-corrected chi connectivity index (χ0v) is 24.9. The van der Waals surface area contributed by atoms with E-state index in [2.05, 4.69) is 41.5 Å². The molecule has 2 rings (SSSR count). The van der Waals surface area contributed by atoms with Gasteiger partial charge in [-0.15, -0.1) is 0 Å². The summed E-state index contributed by atoms with van der Waals surface area (Å²) in [5, 5.41) is 0.874. The van der Waals surface area contributed by atoms with Gasteiger partial charge >= 0.3 is 0 Å². The van der Waals surface area contributed by atoms with Crippen molar-refractivity contribution in [1.29, 1.82) is 0 Å². The summed E-state index contributed by atoms with van der Waals surface area (Å²) in [6.07, 6.45) is 0.0935. The minimum absolute atomic E-state index is 0.00805. The van der Waals surface area contributed by atoms with Crippen molar-refractivity contribution in [1.82, 2.24) is 0 Å². The largest absolute Gasteiger partial charge is 0.378 e. The van der Waals surface area contributed by atoms with Crippen LogP contribution in [0.4, 0.5) is 0 Å². The maximum Gasteiger partial charge on any atom is 0.231 e. The average molecular weight is 555 g/mol. The molecular weight excluding hydrogens is 510 g/mol. The summed E-state index contributed by atoms with van der Waals surface area (Å²) >= 11 is 0. The lowest BCUT2D eigenvalue weighted by Gasteiger charge is -2.20. The van der Waals surface area contributed by atoms with Gasteiger partial charge in [-0.1, -0.05) is 65.8 Å². The smallest absolute Gasteiger partial charge is 0.231 e. The third kappa shape index (κ3) is 10.8. The van der Waals surface area contributed by atoms with Gasteiger partial charge in [-0.05, 0) is 46.2 Å². The Morgan fingerprint density at radius 1 is 0.541 bits per heavy atom. The Balaban J connectivity index is 1.56. The van der Waals surface area contributed by atoms with E-state index in [1.807, 2.05) is 24.3 Å². The van der Waals surface area contributed by atoms with Crippen molar-refractivity contribution in [2.45, 2.75) is 52.4 Å². The Bertz CT molecular complexity index is 966. The Labute approximate surface area is 222 Å². The summed E-state index contributed by atoms with van der Waals surface area (Å²) in [7, 11) is -6.93. The lowest BCUT2D eigenvalue weighted by molar-refractivity contribution is 0.0199. The summed E-state index contributed by atoms with van der Waals surface area (Å²) in [5.41, 5.74) is 2.22. The van der Waals surface area contributed by atoms with E-state index in [0.29, 0.717) is 37.0 Å². The normalized spacial score (nSPS) is 15.8. The third-order valence-corrected chi connectivity index (χ3v) is 9.88. The molecule has 2 atom stereocenters. The Morgan fingerprint density at radius 2 is 0.811 bits per heavy atom. The maximum absolute atomic E-state index is 12.6. The third-order valence-electron chi connectivity index (χ3n) is 6.10. The minimum Gasteiger partial charge on any atom is -0.378 e. The fourth-order valence-corrected chi connectivity index (χ4v) is 6.06. The van der Waals surface area contributed by atoms with Gasteiger partial charge in [-0.3, -0.25) is 9.13 Å². The zero-order valence-electron chi connectivity index (χ0n) is 23.1. The molecule has 0 bridgehead atoms. The molecule has 0 radical (unpaired) electrons. The van der Waals surface area contributed by atoms with Crippen LogP contribution >= 0.6 is 14.7 Å². The predicted molar refractivity (Wildman–Crippen MR) is 151 cm³/mol. The first-order valence-electron chi connectivity index (χ1n) is 12.7. The molecule has 2 N–H and O–H groups in total. The summed E-state index contributed by atoms with van der Waals surface area (Å²) < 4.78 is 41.6. The molecule has 2 aromatic carbocycles. The average Bonchev–Trinajstić information content (AvgIpc) is 2.81. The van der Waals surface area contributed by atoms with E-state index < -0.39 is 14.7 Å². The maximum atomic E-state index is 12.6. The Kier molecular flexibility index (Phi) is 11.8. The molecular formula is C28H44O7P2. The summed E-state index contributed by atoms with van der Waals surface area (Å²) in [6, 6.07) is 14.5. The van der Waals surface area contributed by atoms with Crippen molar-refractivity contribution in [3.63, 3.8) is 0 Å². The highest BCUT2D eigenvalue weighted by molar-refractivity contribution is 7.66. The summed E-state index contributed by atoms with van der Waals surface area (Å²) in [6.45, 7) is 14.2. The van der Waals surface area contributed by atoms with Crippen molar-refractivity contribution < 1.29 is 33.1 Å². The van der Waals surface area contributed by atoms with Gasteiger partial charge in [0.25, 0.3) is 0 Å². The molecule has 37 heavy (non-hydrogen) atoms. The first kappa shape index (κ1) is 31.9. The van der Waals surface area contributed by atoms with Crippen LogP contribution in [0.2, 0.25) is 0 Å². The summed E-state index contributed by atoms with van der Waals surface area (Å²) in [4.78, 5) is 20.7. The van der Waals surface area contributed by atoms with E-state index >= 15 is 0 Å². The molecule has 9 heteroatoms. The van der Waals surface area contributed by atoms with Crippen LogP contribution in [0.25, 0.3) is 0 Å². The molecule has 0 aliphatic rings. The summed E-state index contributed by atoms with van der Waals surface area (Å²) in [5.74, 6) is 0. The molecule has 0 aromatic heterocycles. The molecule has 0 fully saturated rings. The number of benzene rings is 2. The lowest BCUT2D eigenvalue weighted by atomic mass is 9.87. The van der Waals surface area contributed by atoms with Crippen molar-refractivity contribution >= 4 is 25.3 Å². The van der Waals surface area contributed by atoms with Crippen LogP contribution in [-0.4, -0.2) is 61.8 Å². The molecule has 0 saturated heterocycles. The molecule has 0 aliphatic carbocycles. The molecule has 2 aromatic rings. The molecule has 2 unspecified atom stereocenters. The topological polar surface area (TPSA) is 102 Å². The van der Waals surface area contributed by atoms with Crippen LogP contribution < -0.4 is 10.6 Å². The number of rotatable bonds is 14. The van der Waals surface area contributed by atoms with Crippen LogP contribution in [0, 0.1) is 0 Å². The van der Waals surface area contributed by atoms with Gasteiger partial charge < -0.3 is 24.0 Å². The van der Waals surface area contributed by atoms with Gasteiger partial charge in [-0.2, -0.15) is 0 Å². The molecule has 7 nitrogen and oxygen atoms in total. The van der Waals surface area contributed by atoms with Gasteiger partial charge in [0, 0.05) is 10.6 Å². The second-order valence-corrected chi connectivity index (χ2v) is 16.0. The van der Waals surface area contributed by atoms with Crippen molar-refractivity contribution in [3.05, 3.63) is 59.7 Å². The quantitative estimate of drug-likeness (QED) is 0.255. The number of hydrogen-bond donors (Lipinski definition) is 2. The van der Waals surface area contributed by atoms with Crippen LogP contribution in [0.3, 0.4) is 0 Å². The zero-order chi connectivity index (χ0) is 27.7. The van der Waals surface area contributed by atoms with Gasteiger partial charge in [0.15, 0.2) is 0 Å². The Morgan fingerprint density at radius 3 is 1.08 bits per heavy atom. The van der Waals surface area contributed by atoms with Gasteiger partial charge in [0.2, 0.25) is 14.7 Å². The lowest BCUT2D eigenvalue weighted by Crippen LogP contribution is -2.16. The number of hydrogen-bond acceptors (Lipinski definition) is 5. The van der Waals surface area contributed by atoms with E-state index in [1.165, 1.54) is 0 Å². The van der Waals surface area contributed by atoms with E-state index in [9.17, 15) is 18.9 Å². The molecule has 0 amide bonds. The van der Waals surface area contributed by atoms with Crippen molar-refractivity contribution in [3.8, 4) is 0 Å². The van der Waals surface area contributed by atoms with Crippen LogP contribution in [0.5, 0.6) is 0 Å². The minimum atomic E-state index is -3.47. The SMILES string of the molecule is CC(C)(C)c1ccc(P(=O)(O)CCOCCOCCOCCP(=O)(O)c2ccc(C(C)(C)C)cc2)cc1. The molecule has 0 heterocycles. The molecule has 0 spiro atoms. The first-order valence-corrected chi connectivity index (χ1v) is 16.4. The van der Waals surface area contributed by atoms with E-state index in [1.54, 1.807) is 24.3 Å². The predicted octanol–water partition coefficient (Wildman–Crippen LogP) is 4.82. The van der Waals surface area contributed by atoms with E-state index in [0.717, 1.165) is 11.1 Å². The van der Waals surface area contributed by atoms with Gasteiger partial charge in [0.05, 0.1) is 52.0 Å². The fourth-order valence-electron chi connectivity index (χ4n) is 3.57.